The van der Waals surface area contributed by atoms with Crippen LogP contribution >= 0.6 is 0 Å². The normalized spacial score (nSPS) is 18.7. The topological polar surface area (TPSA) is 85.3 Å². The summed E-state index contributed by atoms with van der Waals surface area (Å²) in [5, 5.41) is 11.2. The molecule has 2 aliphatic rings. The fraction of sp³-hybridized carbons (Fsp3) is 0.120. The number of ether oxygens (including phenoxy) is 3. The van der Waals surface area contributed by atoms with Crippen LogP contribution in [0.15, 0.2) is 78.4 Å². The average molecular weight is 483 g/mol. The maximum atomic E-state index is 13.2. The third-order valence-electron chi connectivity index (χ3n) is 5.54. The van der Waals surface area contributed by atoms with Gasteiger partial charge in [0, 0.05) is 17.3 Å². The van der Waals surface area contributed by atoms with Crippen molar-refractivity contribution in [1.82, 2.24) is 0 Å². The minimum absolute atomic E-state index is 0.00426. The Hall–Kier alpha value is -4.47. The van der Waals surface area contributed by atoms with Crippen LogP contribution < -0.4 is 19.1 Å². The summed E-state index contributed by atoms with van der Waals surface area (Å²) in [5.74, 6) is -2.19. The molecule has 0 radical (unpaired) electrons. The number of carbonyl (C=O) groups excluding carboxylic acids is 2. The van der Waals surface area contributed by atoms with Crippen molar-refractivity contribution in [2.75, 3.05) is 11.7 Å². The number of fused-ring (bicyclic) bond motifs is 1. The summed E-state index contributed by atoms with van der Waals surface area (Å²) in [6, 6.07) is 16.6. The van der Waals surface area contributed by atoms with Gasteiger partial charge in [-0.15, -0.1) is 13.2 Å². The first-order chi connectivity index (χ1) is 16.7. The summed E-state index contributed by atoms with van der Waals surface area (Å²) in [4.78, 5) is 27.3. The van der Waals surface area contributed by atoms with E-state index in [4.69, 9.17) is 9.47 Å². The molecule has 0 aromatic heterocycles. The van der Waals surface area contributed by atoms with Crippen molar-refractivity contribution in [3.8, 4) is 17.2 Å². The lowest BCUT2D eigenvalue weighted by atomic mass is 9.95. The number of benzene rings is 3. The zero-order valence-corrected chi connectivity index (χ0v) is 17.8. The largest absolute Gasteiger partial charge is 0.573 e. The number of carbonyl (C=O) groups is 2. The Morgan fingerprint density at radius 2 is 1.69 bits per heavy atom. The molecule has 0 aliphatic carbocycles. The molecule has 35 heavy (non-hydrogen) atoms. The maximum absolute atomic E-state index is 13.2. The summed E-state index contributed by atoms with van der Waals surface area (Å²) < 4.78 is 52.9. The molecule has 1 saturated heterocycles. The monoisotopic (exact) mass is 483 g/mol. The first-order valence-corrected chi connectivity index (χ1v) is 10.3. The minimum atomic E-state index is -4.94. The second-order valence-corrected chi connectivity index (χ2v) is 7.69. The number of anilines is 1. The standard InChI is InChI=1S/C25H16F3NO6/c26-25(27,28)35-17-8-4-7-16(12-17)29-21(14-5-2-1-3-6-14)20(23(31)24(29)32)22(30)15-9-10-18-19(11-15)34-13-33-18/h1-12,21,30H,13H2/b22-20-. The smallest absolute Gasteiger partial charge is 0.507 e. The van der Waals surface area contributed by atoms with Crippen LogP contribution in [0, 0.1) is 0 Å². The zero-order valence-electron chi connectivity index (χ0n) is 17.8. The summed E-state index contributed by atoms with van der Waals surface area (Å²) >= 11 is 0. The van der Waals surface area contributed by atoms with Crippen LogP contribution in [0.25, 0.3) is 5.76 Å². The lowest BCUT2D eigenvalue weighted by Gasteiger charge is -2.26. The Labute approximate surface area is 196 Å². The minimum Gasteiger partial charge on any atom is -0.507 e. The van der Waals surface area contributed by atoms with Crippen molar-refractivity contribution in [1.29, 1.82) is 0 Å². The summed E-state index contributed by atoms with van der Waals surface area (Å²) in [6.45, 7) is 0.00426. The number of hydrogen-bond donors (Lipinski definition) is 1. The highest BCUT2D eigenvalue weighted by molar-refractivity contribution is 6.51. The molecule has 1 N–H and O–H groups in total. The molecule has 1 atom stereocenters. The molecular formula is C25H16F3NO6. The van der Waals surface area contributed by atoms with Gasteiger partial charge in [-0.3, -0.25) is 14.5 Å². The molecule has 3 aromatic carbocycles. The number of hydrogen-bond acceptors (Lipinski definition) is 6. The number of ketones is 1. The van der Waals surface area contributed by atoms with Gasteiger partial charge in [0.15, 0.2) is 11.5 Å². The summed E-state index contributed by atoms with van der Waals surface area (Å²) in [7, 11) is 0. The molecule has 0 bridgehead atoms. The first kappa shape index (κ1) is 22.3. The second-order valence-electron chi connectivity index (χ2n) is 7.69. The van der Waals surface area contributed by atoms with Crippen molar-refractivity contribution >= 4 is 23.1 Å². The van der Waals surface area contributed by atoms with Crippen LogP contribution in [0.3, 0.4) is 0 Å². The van der Waals surface area contributed by atoms with E-state index in [1.807, 2.05) is 0 Å². The van der Waals surface area contributed by atoms with Gasteiger partial charge in [0.2, 0.25) is 6.79 Å². The third-order valence-corrected chi connectivity index (χ3v) is 5.54. The molecule has 1 amide bonds. The van der Waals surface area contributed by atoms with E-state index in [1.54, 1.807) is 36.4 Å². The van der Waals surface area contributed by atoms with Crippen LogP contribution in [-0.2, 0) is 9.59 Å². The van der Waals surface area contributed by atoms with Crippen LogP contribution in [0.1, 0.15) is 17.2 Å². The molecule has 0 spiro atoms. The number of halogens is 3. The molecule has 10 heteroatoms. The van der Waals surface area contributed by atoms with E-state index >= 15 is 0 Å². The number of alkyl halides is 3. The molecule has 1 unspecified atom stereocenters. The van der Waals surface area contributed by atoms with Gasteiger partial charge in [0.05, 0.1) is 11.6 Å². The van der Waals surface area contributed by atoms with Gasteiger partial charge in [0.1, 0.15) is 11.5 Å². The Morgan fingerprint density at radius 3 is 2.43 bits per heavy atom. The highest BCUT2D eigenvalue weighted by atomic mass is 19.4. The van der Waals surface area contributed by atoms with Crippen LogP contribution in [-0.4, -0.2) is 30.0 Å². The fourth-order valence-electron chi connectivity index (χ4n) is 4.08. The molecule has 2 aliphatic heterocycles. The van der Waals surface area contributed by atoms with E-state index in [1.165, 1.54) is 24.3 Å². The van der Waals surface area contributed by atoms with E-state index in [9.17, 15) is 27.9 Å². The average Bonchev–Trinajstić information content (AvgIpc) is 3.40. The van der Waals surface area contributed by atoms with E-state index in [2.05, 4.69) is 4.74 Å². The lowest BCUT2D eigenvalue weighted by molar-refractivity contribution is -0.274. The number of aliphatic hydroxyl groups excluding tert-OH is 1. The third kappa shape index (κ3) is 4.14. The van der Waals surface area contributed by atoms with Crippen molar-refractivity contribution < 1.29 is 42.1 Å². The van der Waals surface area contributed by atoms with Crippen molar-refractivity contribution in [3.05, 3.63) is 89.5 Å². The quantitative estimate of drug-likeness (QED) is 0.322. The van der Waals surface area contributed by atoms with Crippen LogP contribution in [0.2, 0.25) is 0 Å². The van der Waals surface area contributed by atoms with E-state index in [0.717, 1.165) is 17.0 Å². The maximum Gasteiger partial charge on any atom is 0.573 e. The highest BCUT2D eigenvalue weighted by Crippen LogP contribution is 2.44. The van der Waals surface area contributed by atoms with E-state index < -0.39 is 35.6 Å². The zero-order chi connectivity index (χ0) is 24.7. The molecule has 1 fully saturated rings. The first-order valence-electron chi connectivity index (χ1n) is 10.3. The molecule has 5 rings (SSSR count). The van der Waals surface area contributed by atoms with Gasteiger partial charge in [-0.2, -0.15) is 0 Å². The predicted octanol–water partition coefficient (Wildman–Crippen LogP) is 4.94. The lowest BCUT2D eigenvalue weighted by Crippen LogP contribution is -2.29. The number of nitrogens with zero attached hydrogens (tertiary/aromatic N) is 1. The van der Waals surface area contributed by atoms with Gasteiger partial charge >= 0.3 is 6.36 Å². The second kappa shape index (κ2) is 8.39. The summed E-state index contributed by atoms with van der Waals surface area (Å²) in [5.41, 5.74) is 0.452. The molecule has 7 nitrogen and oxygen atoms in total. The Morgan fingerprint density at radius 1 is 0.943 bits per heavy atom. The Bertz CT molecular complexity index is 1350. The van der Waals surface area contributed by atoms with E-state index in [0.29, 0.717) is 17.1 Å². The Kier molecular flexibility index (Phi) is 5.35. The molecule has 178 valence electrons. The van der Waals surface area contributed by atoms with Crippen LogP contribution in [0.4, 0.5) is 18.9 Å². The van der Waals surface area contributed by atoms with Gasteiger partial charge in [0.25, 0.3) is 11.7 Å². The van der Waals surface area contributed by atoms with Gasteiger partial charge < -0.3 is 19.3 Å². The number of rotatable bonds is 4. The van der Waals surface area contributed by atoms with Crippen molar-refractivity contribution in [2.24, 2.45) is 0 Å². The van der Waals surface area contributed by atoms with Gasteiger partial charge in [-0.05, 0) is 35.9 Å². The van der Waals surface area contributed by atoms with Crippen molar-refractivity contribution in [3.63, 3.8) is 0 Å². The van der Waals surface area contributed by atoms with Crippen molar-refractivity contribution in [2.45, 2.75) is 12.4 Å². The molecule has 0 saturated carbocycles. The number of aliphatic hydroxyl groups is 1. The molecule has 3 aromatic rings. The number of Topliss-reactive ketones (excluding diaryl/α,β-unsaturated/α-hetero) is 1. The van der Waals surface area contributed by atoms with Crippen LogP contribution in [0.5, 0.6) is 17.2 Å². The predicted molar refractivity (Wildman–Crippen MR) is 117 cm³/mol. The van der Waals surface area contributed by atoms with E-state index in [-0.39, 0.29) is 23.6 Å². The van der Waals surface area contributed by atoms with Gasteiger partial charge in [-0.1, -0.05) is 36.4 Å². The van der Waals surface area contributed by atoms with Gasteiger partial charge in [-0.25, -0.2) is 0 Å². The highest BCUT2D eigenvalue weighted by Gasteiger charge is 2.47. The SMILES string of the molecule is O=C1C(=O)N(c2cccc(OC(F)(F)F)c2)C(c2ccccc2)/C1=C(/O)c1ccc2c(c1)OCO2. The fourth-order valence-corrected chi connectivity index (χ4v) is 4.08. The summed E-state index contributed by atoms with van der Waals surface area (Å²) in [6.07, 6.45) is -4.94. The number of amides is 1. The molecular weight excluding hydrogens is 467 g/mol. The molecule has 2 heterocycles. The Balaban J connectivity index is 1.65.